The Morgan fingerprint density at radius 3 is 2.40 bits per heavy atom. The number of rotatable bonds is 5. The largest absolute Gasteiger partial charge is 0.449 e. The third kappa shape index (κ3) is 3.67. The number of amides is 1. The molecule has 0 unspecified atom stereocenters. The zero-order valence-electron chi connectivity index (χ0n) is 14.4. The van der Waals surface area contributed by atoms with Gasteiger partial charge in [0.2, 0.25) is 0 Å². The van der Waals surface area contributed by atoms with E-state index in [0.29, 0.717) is 11.8 Å². The predicted molar refractivity (Wildman–Crippen MR) is 87.8 cm³/mol. The molecule has 0 aliphatic heterocycles. The number of nitrogens with one attached hydrogen (secondary N) is 1. The SMILES string of the molecule is C[C@H](OC(=O)c1c(F)cccc1F)C(=O)N[C@@H](C)[C@H]1C[C@H]2CC[C@H]1C2. The van der Waals surface area contributed by atoms with Crippen molar-refractivity contribution in [3.05, 3.63) is 35.4 Å². The second kappa shape index (κ2) is 7.10. The second-order valence-corrected chi connectivity index (χ2v) is 7.28. The summed E-state index contributed by atoms with van der Waals surface area (Å²) in [5.41, 5.74) is -0.775. The third-order valence-corrected chi connectivity index (χ3v) is 5.62. The Kier molecular flexibility index (Phi) is 5.06. The molecule has 1 aromatic carbocycles. The first-order valence-electron chi connectivity index (χ1n) is 8.82. The van der Waals surface area contributed by atoms with E-state index in [4.69, 9.17) is 4.74 Å². The van der Waals surface area contributed by atoms with Crippen LogP contribution in [0.15, 0.2) is 18.2 Å². The third-order valence-electron chi connectivity index (χ3n) is 5.62. The lowest BCUT2D eigenvalue weighted by Crippen LogP contribution is -2.45. The average Bonchev–Trinajstić information content (AvgIpc) is 3.17. The molecule has 2 aliphatic carbocycles. The quantitative estimate of drug-likeness (QED) is 0.827. The van der Waals surface area contributed by atoms with Crippen molar-refractivity contribution in [2.45, 2.75) is 51.7 Å². The van der Waals surface area contributed by atoms with Gasteiger partial charge in [0.05, 0.1) is 0 Å². The first kappa shape index (κ1) is 17.8. The smallest absolute Gasteiger partial charge is 0.344 e. The summed E-state index contributed by atoms with van der Waals surface area (Å²) in [7, 11) is 0. The molecular formula is C19H23F2NO3. The Bertz CT molecular complexity index is 658. The van der Waals surface area contributed by atoms with Gasteiger partial charge in [-0.25, -0.2) is 13.6 Å². The summed E-state index contributed by atoms with van der Waals surface area (Å²) < 4.78 is 32.2. The van der Waals surface area contributed by atoms with Crippen molar-refractivity contribution >= 4 is 11.9 Å². The first-order chi connectivity index (χ1) is 11.9. The molecule has 6 heteroatoms. The molecule has 0 radical (unpaired) electrons. The molecule has 3 rings (SSSR count). The van der Waals surface area contributed by atoms with Gasteiger partial charge in [0, 0.05) is 6.04 Å². The van der Waals surface area contributed by atoms with Crippen molar-refractivity contribution in [3.63, 3.8) is 0 Å². The highest BCUT2D eigenvalue weighted by atomic mass is 19.1. The van der Waals surface area contributed by atoms with Crippen molar-refractivity contribution in [2.75, 3.05) is 0 Å². The minimum absolute atomic E-state index is 0.00542. The highest BCUT2D eigenvalue weighted by Crippen LogP contribution is 2.49. The summed E-state index contributed by atoms with van der Waals surface area (Å²) in [6.07, 6.45) is 3.74. The molecule has 4 nitrogen and oxygen atoms in total. The van der Waals surface area contributed by atoms with E-state index in [9.17, 15) is 18.4 Å². The number of fused-ring (bicyclic) bond motifs is 2. The number of hydrogen-bond donors (Lipinski definition) is 1. The molecule has 1 N–H and O–H groups in total. The van der Waals surface area contributed by atoms with Crippen LogP contribution in [0.3, 0.4) is 0 Å². The van der Waals surface area contributed by atoms with Gasteiger partial charge in [-0.05, 0) is 63.0 Å². The highest BCUT2D eigenvalue weighted by molar-refractivity contribution is 5.92. The molecule has 25 heavy (non-hydrogen) atoms. The Balaban J connectivity index is 1.56. The maximum Gasteiger partial charge on any atom is 0.344 e. The minimum Gasteiger partial charge on any atom is -0.449 e. The van der Waals surface area contributed by atoms with Gasteiger partial charge in [0.15, 0.2) is 6.10 Å². The van der Waals surface area contributed by atoms with Gasteiger partial charge in [-0.3, -0.25) is 4.79 Å². The monoisotopic (exact) mass is 351 g/mol. The van der Waals surface area contributed by atoms with Gasteiger partial charge in [0.25, 0.3) is 5.91 Å². The molecule has 5 atom stereocenters. The number of benzene rings is 1. The van der Waals surface area contributed by atoms with Gasteiger partial charge in [-0.1, -0.05) is 12.5 Å². The number of halogens is 2. The minimum atomic E-state index is -1.18. The molecular weight excluding hydrogens is 328 g/mol. The highest BCUT2D eigenvalue weighted by Gasteiger charge is 2.42. The summed E-state index contributed by atoms with van der Waals surface area (Å²) in [4.78, 5) is 24.2. The maximum atomic E-state index is 13.6. The van der Waals surface area contributed by atoms with E-state index in [-0.39, 0.29) is 6.04 Å². The molecule has 0 heterocycles. The Morgan fingerprint density at radius 1 is 1.16 bits per heavy atom. The number of carbonyl (C=O) groups excluding carboxylic acids is 2. The van der Waals surface area contributed by atoms with Crippen LogP contribution in [0.1, 0.15) is 49.9 Å². The fourth-order valence-corrected chi connectivity index (χ4v) is 4.32. The summed E-state index contributed by atoms with van der Waals surface area (Å²) in [6, 6.07) is 3.10. The Hall–Kier alpha value is -1.98. The molecule has 136 valence electrons. The molecule has 2 aliphatic rings. The number of hydrogen-bond acceptors (Lipinski definition) is 3. The van der Waals surface area contributed by atoms with Crippen molar-refractivity contribution in [2.24, 2.45) is 17.8 Å². The fourth-order valence-electron chi connectivity index (χ4n) is 4.32. The van der Waals surface area contributed by atoms with Crippen molar-refractivity contribution in [3.8, 4) is 0 Å². The average molecular weight is 351 g/mol. The Morgan fingerprint density at radius 2 is 1.84 bits per heavy atom. The van der Waals surface area contributed by atoms with Gasteiger partial charge in [-0.15, -0.1) is 0 Å². The van der Waals surface area contributed by atoms with Crippen LogP contribution >= 0.6 is 0 Å². The van der Waals surface area contributed by atoms with Crippen LogP contribution in [-0.2, 0) is 9.53 Å². The van der Waals surface area contributed by atoms with Crippen LogP contribution in [0.4, 0.5) is 8.78 Å². The molecule has 1 aromatic rings. The van der Waals surface area contributed by atoms with E-state index in [1.165, 1.54) is 26.2 Å². The van der Waals surface area contributed by atoms with Crippen LogP contribution in [0.2, 0.25) is 0 Å². The van der Waals surface area contributed by atoms with Crippen LogP contribution in [-0.4, -0.2) is 24.0 Å². The molecule has 2 saturated carbocycles. The molecule has 2 fully saturated rings. The van der Waals surface area contributed by atoms with Crippen molar-refractivity contribution in [1.82, 2.24) is 5.32 Å². The lowest BCUT2D eigenvalue weighted by molar-refractivity contribution is -0.130. The standard InChI is InChI=1S/C19H23F2NO3/c1-10(14-9-12-6-7-13(14)8-12)22-18(23)11(2)25-19(24)17-15(20)4-3-5-16(17)21/h3-5,10-14H,6-9H2,1-2H3,(H,22,23)/t10-,11-,12-,13-,14+/m0/s1. The maximum absolute atomic E-state index is 13.6. The number of ether oxygens (including phenoxy) is 1. The Labute approximate surface area is 145 Å². The van der Waals surface area contributed by atoms with Gasteiger partial charge in [-0.2, -0.15) is 0 Å². The van der Waals surface area contributed by atoms with Crippen LogP contribution in [0.5, 0.6) is 0 Å². The van der Waals surface area contributed by atoms with E-state index < -0.39 is 35.2 Å². The van der Waals surface area contributed by atoms with Crippen molar-refractivity contribution < 1.29 is 23.1 Å². The number of esters is 1. The van der Waals surface area contributed by atoms with Crippen LogP contribution in [0.25, 0.3) is 0 Å². The van der Waals surface area contributed by atoms with E-state index in [1.807, 2.05) is 6.92 Å². The van der Waals surface area contributed by atoms with E-state index in [2.05, 4.69) is 5.32 Å². The summed E-state index contributed by atoms with van der Waals surface area (Å²) >= 11 is 0. The molecule has 0 saturated heterocycles. The topological polar surface area (TPSA) is 55.4 Å². The lowest BCUT2D eigenvalue weighted by atomic mass is 9.84. The zero-order valence-corrected chi connectivity index (χ0v) is 14.4. The van der Waals surface area contributed by atoms with Gasteiger partial charge >= 0.3 is 5.97 Å². The fraction of sp³-hybridized carbons (Fsp3) is 0.579. The van der Waals surface area contributed by atoms with Crippen LogP contribution in [0, 0.1) is 29.4 Å². The molecule has 2 bridgehead atoms. The van der Waals surface area contributed by atoms with E-state index >= 15 is 0 Å². The summed E-state index contributed by atoms with van der Waals surface area (Å²) in [5.74, 6) is -1.75. The van der Waals surface area contributed by atoms with Gasteiger partial charge in [0.1, 0.15) is 17.2 Å². The van der Waals surface area contributed by atoms with E-state index in [1.54, 1.807) is 0 Å². The van der Waals surface area contributed by atoms with Crippen molar-refractivity contribution in [1.29, 1.82) is 0 Å². The second-order valence-electron chi connectivity index (χ2n) is 7.28. The summed E-state index contributed by atoms with van der Waals surface area (Å²) in [5, 5.41) is 2.89. The lowest BCUT2D eigenvalue weighted by Gasteiger charge is -2.29. The molecule has 0 aromatic heterocycles. The number of carbonyl (C=O) groups is 2. The molecule has 1 amide bonds. The first-order valence-corrected chi connectivity index (χ1v) is 8.82. The van der Waals surface area contributed by atoms with Gasteiger partial charge < -0.3 is 10.1 Å². The normalized spacial score (nSPS) is 27.0. The summed E-state index contributed by atoms with van der Waals surface area (Å²) in [6.45, 7) is 3.37. The zero-order chi connectivity index (χ0) is 18.1. The molecule has 0 spiro atoms. The van der Waals surface area contributed by atoms with E-state index in [0.717, 1.165) is 30.5 Å². The van der Waals surface area contributed by atoms with Crippen LogP contribution < -0.4 is 5.32 Å². The predicted octanol–water partition coefficient (Wildman–Crippen LogP) is 3.45.